The van der Waals surface area contributed by atoms with Gasteiger partial charge in [-0.15, -0.1) is 0 Å². The molecule has 30 heavy (non-hydrogen) atoms. The van der Waals surface area contributed by atoms with Crippen LogP contribution in [0.3, 0.4) is 0 Å². The maximum atomic E-state index is 11.8. The Labute approximate surface area is 175 Å². The Kier molecular flexibility index (Phi) is 4.48. The van der Waals surface area contributed by atoms with Crippen molar-refractivity contribution in [2.75, 3.05) is 23.9 Å². The van der Waals surface area contributed by atoms with Gasteiger partial charge < -0.3 is 9.80 Å². The zero-order valence-corrected chi connectivity index (χ0v) is 18.3. The maximum Gasteiger partial charge on any atom is 0.323 e. The van der Waals surface area contributed by atoms with Crippen LogP contribution >= 0.6 is 0 Å². The van der Waals surface area contributed by atoms with Crippen molar-refractivity contribution in [1.82, 2.24) is 10.3 Å². The van der Waals surface area contributed by atoms with Gasteiger partial charge in [0.05, 0.1) is 10.6 Å². The normalized spacial score (nSPS) is 17.5. The number of hydrogen-bond acceptors (Lipinski definition) is 7. The van der Waals surface area contributed by atoms with Crippen LogP contribution in [0, 0.1) is 10.1 Å². The van der Waals surface area contributed by atoms with E-state index >= 15 is 0 Å². The van der Waals surface area contributed by atoms with Crippen LogP contribution in [0.5, 0.6) is 0 Å². The smallest absolute Gasteiger partial charge is 0.323 e. The third kappa shape index (κ3) is 3.07. The number of benzene rings is 2. The molecule has 0 saturated heterocycles. The number of nitrogens with zero attached hydrogens (tertiary/aromatic N) is 5. The SMILES string of the molecule is CN(C)c1cc(N2Cc3ccccc3C(C)(C)CC2(C)C)c2nonc2c1[N+](=O)[O-]. The van der Waals surface area contributed by atoms with Crippen molar-refractivity contribution in [1.29, 1.82) is 0 Å². The Balaban J connectivity index is 1.99. The fraction of sp³-hybridized carbons (Fsp3) is 0.455. The van der Waals surface area contributed by atoms with Crippen LogP contribution in [0.2, 0.25) is 0 Å². The second kappa shape index (κ2) is 6.68. The fourth-order valence-corrected chi connectivity index (χ4v) is 5.01. The Morgan fingerprint density at radius 2 is 1.80 bits per heavy atom. The standard InChI is InChI=1S/C22H27N5O3/c1-21(2)13-22(3,4)26(12-14-9-7-8-10-15(14)21)16-11-17(25(5)6)20(27(28)29)19-18(16)23-30-24-19/h7-11H,12-13H2,1-6H3. The van der Waals surface area contributed by atoms with Crippen molar-refractivity contribution in [3.05, 3.63) is 51.6 Å². The molecule has 0 radical (unpaired) electrons. The lowest BCUT2D eigenvalue weighted by Gasteiger charge is -2.42. The molecule has 3 aromatic rings. The largest absolute Gasteiger partial charge is 0.372 e. The Bertz CT molecular complexity index is 1130. The molecule has 4 rings (SSSR count). The van der Waals surface area contributed by atoms with Crippen LogP contribution < -0.4 is 9.80 Å². The van der Waals surface area contributed by atoms with Crippen LogP contribution in [-0.2, 0) is 12.0 Å². The summed E-state index contributed by atoms with van der Waals surface area (Å²) in [5.41, 5.74) is 4.06. The number of aromatic nitrogens is 2. The molecule has 0 unspecified atom stereocenters. The van der Waals surface area contributed by atoms with E-state index in [9.17, 15) is 10.1 Å². The average Bonchev–Trinajstić information content (AvgIpc) is 3.10. The molecule has 0 spiro atoms. The van der Waals surface area contributed by atoms with Gasteiger partial charge in [0.2, 0.25) is 5.52 Å². The van der Waals surface area contributed by atoms with Crippen molar-refractivity contribution >= 4 is 28.1 Å². The van der Waals surface area contributed by atoms with Crippen molar-refractivity contribution in [3.8, 4) is 0 Å². The monoisotopic (exact) mass is 409 g/mol. The second-order valence-electron chi connectivity index (χ2n) is 9.49. The molecule has 1 aliphatic heterocycles. The Hall–Kier alpha value is -3.16. The zero-order valence-electron chi connectivity index (χ0n) is 18.3. The Morgan fingerprint density at radius 3 is 2.47 bits per heavy atom. The van der Waals surface area contributed by atoms with Crippen molar-refractivity contribution in [2.45, 2.75) is 51.6 Å². The van der Waals surface area contributed by atoms with E-state index in [2.05, 4.69) is 67.2 Å². The lowest BCUT2D eigenvalue weighted by molar-refractivity contribution is -0.382. The van der Waals surface area contributed by atoms with E-state index in [4.69, 9.17) is 4.63 Å². The molecule has 2 heterocycles. The number of fused-ring (bicyclic) bond motifs is 2. The highest BCUT2D eigenvalue weighted by atomic mass is 16.6. The third-order valence-corrected chi connectivity index (χ3v) is 6.11. The number of nitro benzene ring substituents is 1. The van der Waals surface area contributed by atoms with Gasteiger partial charge in [-0.1, -0.05) is 38.1 Å². The summed E-state index contributed by atoms with van der Waals surface area (Å²) in [5, 5.41) is 19.8. The molecule has 0 N–H and O–H groups in total. The average molecular weight is 409 g/mol. The molecule has 0 atom stereocenters. The quantitative estimate of drug-likeness (QED) is 0.459. The summed E-state index contributed by atoms with van der Waals surface area (Å²) in [6.45, 7) is 9.61. The second-order valence-corrected chi connectivity index (χ2v) is 9.49. The molecule has 0 aliphatic carbocycles. The highest BCUT2D eigenvalue weighted by Gasteiger charge is 2.41. The van der Waals surface area contributed by atoms with Crippen molar-refractivity contribution in [2.24, 2.45) is 0 Å². The molecule has 0 saturated carbocycles. The highest BCUT2D eigenvalue weighted by Crippen LogP contribution is 2.47. The maximum absolute atomic E-state index is 11.8. The number of anilines is 2. The highest BCUT2D eigenvalue weighted by molar-refractivity contribution is 6.00. The summed E-state index contributed by atoms with van der Waals surface area (Å²) in [4.78, 5) is 15.4. The molecule has 0 bridgehead atoms. The van der Waals surface area contributed by atoms with Gasteiger partial charge in [0.1, 0.15) is 5.69 Å². The predicted molar refractivity (Wildman–Crippen MR) is 117 cm³/mol. The first-order chi connectivity index (χ1) is 14.0. The van der Waals surface area contributed by atoms with Crippen LogP contribution in [0.15, 0.2) is 35.0 Å². The van der Waals surface area contributed by atoms with Crippen LogP contribution in [-0.4, -0.2) is 34.9 Å². The van der Waals surface area contributed by atoms with Gasteiger partial charge in [-0.2, -0.15) is 0 Å². The minimum atomic E-state index is -0.419. The van der Waals surface area contributed by atoms with Crippen LogP contribution in [0.4, 0.5) is 17.1 Å². The minimum absolute atomic E-state index is 0.0266. The summed E-state index contributed by atoms with van der Waals surface area (Å²) in [6, 6.07) is 10.3. The summed E-state index contributed by atoms with van der Waals surface area (Å²) < 4.78 is 4.98. The molecule has 158 valence electrons. The van der Waals surface area contributed by atoms with E-state index in [1.165, 1.54) is 11.1 Å². The van der Waals surface area contributed by atoms with Gasteiger partial charge in [-0.25, -0.2) is 4.63 Å². The molecule has 0 amide bonds. The molecule has 2 aromatic carbocycles. The summed E-state index contributed by atoms with van der Waals surface area (Å²) >= 11 is 0. The van der Waals surface area contributed by atoms with Gasteiger partial charge in [-0.3, -0.25) is 10.1 Å². The molecule has 8 heteroatoms. The lowest BCUT2D eigenvalue weighted by atomic mass is 9.75. The summed E-state index contributed by atoms with van der Waals surface area (Å²) in [6.07, 6.45) is 0.901. The first-order valence-corrected chi connectivity index (χ1v) is 10.00. The summed E-state index contributed by atoms with van der Waals surface area (Å²) in [7, 11) is 3.58. The first-order valence-electron chi connectivity index (χ1n) is 10.00. The van der Waals surface area contributed by atoms with Crippen LogP contribution in [0.1, 0.15) is 45.2 Å². The number of hydrogen-bond donors (Lipinski definition) is 0. The van der Waals surface area contributed by atoms with Crippen molar-refractivity contribution in [3.63, 3.8) is 0 Å². The van der Waals surface area contributed by atoms with E-state index in [1.54, 1.807) is 19.0 Å². The number of nitro groups is 1. The van der Waals surface area contributed by atoms with Gasteiger partial charge in [0.15, 0.2) is 5.52 Å². The van der Waals surface area contributed by atoms with E-state index in [1.807, 2.05) is 6.07 Å². The predicted octanol–water partition coefficient (Wildman–Crippen LogP) is 4.66. The molecule has 0 fully saturated rings. The zero-order chi connectivity index (χ0) is 21.8. The fourth-order valence-electron chi connectivity index (χ4n) is 5.01. The molecule has 8 nitrogen and oxygen atoms in total. The lowest BCUT2D eigenvalue weighted by Crippen LogP contribution is -2.45. The topological polar surface area (TPSA) is 88.5 Å². The van der Waals surface area contributed by atoms with Gasteiger partial charge in [0.25, 0.3) is 0 Å². The van der Waals surface area contributed by atoms with Gasteiger partial charge >= 0.3 is 5.69 Å². The molecule has 1 aromatic heterocycles. The van der Waals surface area contributed by atoms with E-state index in [-0.39, 0.29) is 22.2 Å². The van der Waals surface area contributed by atoms with E-state index in [0.717, 1.165) is 12.1 Å². The van der Waals surface area contributed by atoms with E-state index in [0.29, 0.717) is 17.7 Å². The molecular formula is C22H27N5O3. The van der Waals surface area contributed by atoms with Crippen molar-refractivity contribution < 1.29 is 9.55 Å². The molecule has 1 aliphatic rings. The van der Waals surface area contributed by atoms with Gasteiger partial charge in [-0.05, 0) is 53.2 Å². The Morgan fingerprint density at radius 1 is 1.13 bits per heavy atom. The third-order valence-electron chi connectivity index (χ3n) is 6.11. The number of rotatable bonds is 3. The minimum Gasteiger partial charge on any atom is -0.372 e. The van der Waals surface area contributed by atoms with Gasteiger partial charge in [0, 0.05) is 26.2 Å². The molecular weight excluding hydrogens is 382 g/mol. The first kappa shape index (κ1) is 20.1. The van der Waals surface area contributed by atoms with Crippen LogP contribution in [0.25, 0.3) is 11.0 Å². The van der Waals surface area contributed by atoms with E-state index < -0.39 is 4.92 Å². The summed E-state index contributed by atoms with van der Waals surface area (Å²) in [5.74, 6) is 0.